The van der Waals surface area contributed by atoms with Gasteiger partial charge in [0.15, 0.2) is 0 Å². The van der Waals surface area contributed by atoms with Crippen LogP contribution in [0.2, 0.25) is 0 Å². The first-order valence-electron chi connectivity index (χ1n) is 9.03. The molecule has 7 nitrogen and oxygen atoms in total. The van der Waals surface area contributed by atoms with Crippen molar-refractivity contribution >= 4 is 17.3 Å². The maximum Gasteiger partial charge on any atom is 0.293 e. The molecular weight excluding hydrogens is 344 g/mol. The molecule has 2 aromatic rings. The summed E-state index contributed by atoms with van der Waals surface area (Å²) >= 11 is 0. The van der Waals surface area contributed by atoms with Gasteiger partial charge in [-0.15, -0.1) is 0 Å². The van der Waals surface area contributed by atoms with E-state index in [4.69, 9.17) is 0 Å². The van der Waals surface area contributed by atoms with E-state index in [1.54, 1.807) is 12.1 Å². The van der Waals surface area contributed by atoms with Gasteiger partial charge >= 0.3 is 0 Å². The van der Waals surface area contributed by atoms with Crippen LogP contribution < -0.4 is 10.2 Å². The van der Waals surface area contributed by atoms with Crippen LogP contribution in [0.3, 0.4) is 0 Å². The highest BCUT2D eigenvalue weighted by atomic mass is 16.6. The zero-order valence-electron chi connectivity index (χ0n) is 15.6. The molecule has 1 atom stereocenters. The van der Waals surface area contributed by atoms with E-state index in [0.717, 1.165) is 31.7 Å². The minimum Gasteiger partial charge on any atom is -0.363 e. The van der Waals surface area contributed by atoms with Gasteiger partial charge in [-0.3, -0.25) is 14.9 Å². The molecule has 0 saturated carbocycles. The van der Waals surface area contributed by atoms with Crippen molar-refractivity contribution in [1.82, 2.24) is 10.2 Å². The molecule has 0 aromatic heterocycles. The number of piperazine rings is 1. The Hall–Kier alpha value is -2.93. The number of likely N-dealkylation sites (N-methyl/N-ethyl adjacent to an activating group) is 1. The smallest absolute Gasteiger partial charge is 0.293 e. The summed E-state index contributed by atoms with van der Waals surface area (Å²) in [5.41, 5.74) is 1.82. The van der Waals surface area contributed by atoms with E-state index in [1.807, 2.05) is 49.2 Å². The topological polar surface area (TPSA) is 78.7 Å². The first kappa shape index (κ1) is 18.8. The maximum absolute atomic E-state index is 12.6. The highest BCUT2D eigenvalue weighted by molar-refractivity contribution is 5.96. The lowest BCUT2D eigenvalue weighted by Gasteiger charge is -2.33. The zero-order chi connectivity index (χ0) is 19.4. The molecule has 1 aliphatic heterocycles. The van der Waals surface area contributed by atoms with Crippen molar-refractivity contribution in [2.24, 2.45) is 0 Å². The van der Waals surface area contributed by atoms with Crippen molar-refractivity contribution in [2.45, 2.75) is 13.0 Å². The maximum atomic E-state index is 12.6. The molecule has 1 N–H and O–H groups in total. The largest absolute Gasteiger partial charge is 0.363 e. The fourth-order valence-electron chi connectivity index (χ4n) is 3.23. The number of rotatable bonds is 5. The Bertz CT molecular complexity index is 817. The molecule has 1 amide bonds. The Balaban J connectivity index is 1.79. The van der Waals surface area contributed by atoms with E-state index in [2.05, 4.69) is 10.2 Å². The predicted molar refractivity (Wildman–Crippen MR) is 105 cm³/mol. The van der Waals surface area contributed by atoms with E-state index in [1.165, 1.54) is 6.07 Å². The second kappa shape index (κ2) is 8.18. The Morgan fingerprint density at radius 3 is 2.41 bits per heavy atom. The van der Waals surface area contributed by atoms with Crippen LogP contribution in [0.5, 0.6) is 0 Å². The van der Waals surface area contributed by atoms with E-state index in [-0.39, 0.29) is 17.6 Å². The number of nitro groups is 1. The molecule has 0 unspecified atom stereocenters. The number of amides is 1. The van der Waals surface area contributed by atoms with Crippen LogP contribution in [0.4, 0.5) is 11.4 Å². The summed E-state index contributed by atoms with van der Waals surface area (Å²) in [5.74, 6) is -0.320. The zero-order valence-corrected chi connectivity index (χ0v) is 15.6. The van der Waals surface area contributed by atoms with Crippen LogP contribution in [0.1, 0.15) is 28.9 Å². The van der Waals surface area contributed by atoms with Crippen LogP contribution in [-0.2, 0) is 0 Å². The first-order chi connectivity index (χ1) is 13.0. The van der Waals surface area contributed by atoms with Crippen molar-refractivity contribution in [3.8, 4) is 0 Å². The molecule has 2 aromatic carbocycles. The lowest BCUT2D eigenvalue weighted by molar-refractivity contribution is -0.384. The van der Waals surface area contributed by atoms with Crippen molar-refractivity contribution in [3.63, 3.8) is 0 Å². The number of hydrogen-bond acceptors (Lipinski definition) is 5. The van der Waals surface area contributed by atoms with E-state index < -0.39 is 4.92 Å². The lowest BCUT2D eigenvalue weighted by atomic mass is 10.1. The van der Waals surface area contributed by atoms with Gasteiger partial charge in [-0.2, -0.15) is 0 Å². The summed E-state index contributed by atoms with van der Waals surface area (Å²) in [4.78, 5) is 27.9. The normalized spacial score (nSPS) is 16.0. The Kier molecular flexibility index (Phi) is 5.71. The minimum atomic E-state index is -0.412. The molecule has 7 heteroatoms. The number of carbonyl (C=O) groups excluding carboxylic acids is 1. The van der Waals surface area contributed by atoms with Gasteiger partial charge in [0.25, 0.3) is 11.6 Å². The lowest BCUT2D eigenvalue weighted by Crippen LogP contribution is -2.44. The first-order valence-corrected chi connectivity index (χ1v) is 9.03. The van der Waals surface area contributed by atoms with Gasteiger partial charge in [0.2, 0.25) is 0 Å². The minimum absolute atomic E-state index is 0.0282. The molecule has 1 saturated heterocycles. The summed E-state index contributed by atoms with van der Waals surface area (Å²) in [6.07, 6.45) is 0. The fourth-order valence-corrected chi connectivity index (χ4v) is 3.23. The van der Waals surface area contributed by atoms with Crippen molar-refractivity contribution < 1.29 is 9.72 Å². The SMILES string of the molecule is C[C@@H](NC(=O)c1ccc(N2CCN(C)CC2)c([N+](=O)[O-])c1)c1ccccc1. The average Bonchev–Trinajstić information content (AvgIpc) is 2.68. The number of nitrogens with zero attached hydrogens (tertiary/aromatic N) is 3. The van der Waals surface area contributed by atoms with Gasteiger partial charge < -0.3 is 15.1 Å². The molecule has 1 aliphatic rings. The van der Waals surface area contributed by atoms with Crippen LogP contribution in [-0.4, -0.2) is 49.0 Å². The Labute approximate surface area is 158 Å². The molecule has 27 heavy (non-hydrogen) atoms. The Morgan fingerprint density at radius 1 is 1.11 bits per heavy atom. The van der Waals surface area contributed by atoms with Gasteiger partial charge in [0.05, 0.1) is 11.0 Å². The van der Waals surface area contributed by atoms with Gasteiger partial charge in [-0.05, 0) is 31.7 Å². The van der Waals surface area contributed by atoms with E-state index in [9.17, 15) is 14.9 Å². The van der Waals surface area contributed by atoms with Crippen LogP contribution in [0.25, 0.3) is 0 Å². The summed E-state index contributed by atoms with van der Waals surface area (Å²) in [6, 6.07) is 14.1. The third kappa shape index (κ3) is 4.43. The number of nitrogens with one attached hydrogen (secondary N) is 1. The number of anilines is 1. The highest BCUT2D eigenvalue weighted by Crippen LogP contribution is 2.30. The summed E-state index contributed by atoms with van der Waals surface area (Å²) in [7, 11) is 2.03. The number of nitro benzene ring substituents is 1. The van der Waals surface area contributed by atoms with Crippen molar-refractivity contribution in [3.05, 3.63) is 69.8 Å². The quantitative estimate of drug-likeness (QED) is 0.648. The van der Waals surface area contributed by atoms with Gasteiger partial charge in [-0.25, -0.2) is 0 Å². The molecule has 1 heterocycles. The number of benzene rings is 2. The molecule has 0 aliphatic carbocycles. The van der Waals surface area contributed by atoms with Gasteiger partial charge in [0, 0.05) is 37.8 Å². The van der Waals surface area contributed by atoms with Gasteiger partial charge in [-0.1, -0.05) is 30.3 Å². The standard InChI is InChI=1S/C20H24N4O3/c1-15(16-6-4-3-5-7-16)21-20(25)17-8-9-18(19(14-17)24(26)27)23-12-10-22(2)11-13-23/h3-9,14-15H,10-13H2,1-2H3,(H,21,25)/t15-/m1/s1. The molecular formula is C20H24N4O3. The highest BCUT2D eigenvalue weighted by Gasteiger charge is 2.24. The molecule has 142 valence electrons. The third-order valence-electron chi connectivity index (χ3n) is 4.93. The fraction of sp³-hybridized carbons (Fsp3) is 0.350. The number of hydrogen-bond donors (Lipinski definition) is 1. The van der Waals surface area contributed by atoms with Crippen LogP contribution in [0, 0.1) is 10.1 Å². The van der Waals surface area contributed by atoms with E-state index in [0.29, 0.717) is 11.3 Å². The number of carbonyl (C=O) groups is 1. The van der Waals surface area contributed by atoms with Crippen LogP contribution >= 0.6 is 0 Å². The molecule has 0 spiro atoms. The molecule has 0 bridgehead atoms. The molecule has 0 radical (unpaired) electrons. The average molecular weight is 368 g/mol. The Morgan fingerprint density at radius 2 is 1.78 bits per heavy atom. The monoisotopic (exact) mass is 368 g/mol. The van der Waals surface area contributed by atoms with Crippen LogP contribution in [0.15, 0.2) is 48.5 Å². The molecule has 3 rings (SSSR count). The second-order valence-corrected chi connectivity index (χ2v) is 6.86. The van der Waals surface area contributed by atoms with Crippen molar-refractivity contribution in [1.29, 1.82) is 0 Å². The molecule has 1 fully saturated rings. The van der Waals surface area contributed by atoms with Gasteiger partial charge in [0.1, 0.15) is 5.69 Å². The van der Waals surface area contributed by atoms with E-state index >= 15 is 0 Å². The third-order valence-corrected chi connectivity index (χ3v) is 4.93. The summed E-state index contributed by atoms with van der Waals surface area (Å²) in [5, 5.41) is 14.5. The second-order valence-electron chi connectivity index (χ2n) is 6.86. The summed E-state index contributed by atoms with van der Waals surface area (Å²) in [6.45, 7) is 5.06. The summed E-state index contributed by atoms with van der Waals surface area (Å²) < 4.78 is 0. The van der Waals surface area contributed by atoms with Crippen molar-refractivity contribution in [2.75, 3.05) is 38.1 Å². The predicted octanol–water partition coefficient (Wildman–Crippen LogP) is 2.84.